The number of carbonyl (C=O) groups excluding carboxylic acids is 1. The molecule has 0 aromatic heterocycles. The standard InChI is InChI=1S/C11H20N2O/c1-10(2)7-13(11(10,3)4)9(14)8-5-12-6-8/h8,12H,5-7H2,1-4H3. The first-order valence-electron chi connectivity index (χ1n) is 5.38. The van der Waals surface area contributed by atoms with Crippen molar-refractivity contribution in [2.24, 2.45) is 11.3 Å². The van der Waals surface area contributed by atoms with Crippen LogP contribution in [0, 0.1) is 11.3 Å². The molecule has 2 saturated heterocycles. The number of nitrogens with one attached hydrogen (secondary N) is 1. The van der Waals surface area contributed by atoms with E-state index >= 15 is 0 Å². The number of nitrogens with zero attached hydrogens (tertiary/aromatic N) is 1. The minimum atomic E-state index is 0.0275. The normalized spacial score (nSPS) is 29.3. The first-order chi connectivity index (χ1) is 6.36. The lowest BCUT2D eigenvalue weighted by atomic mass is 9.65. The van der Waals surface area contributed by atoms with Crippen molar-refractivity contribution in [3.8, 4) is 0 Å². The van der Waals surface area contributed by atoms with Crippen LogP contribution in [0.3, 0.4) is 0 Å². The lowest BCUT2D eigenvalue weighted by Crippen LogP contribution is -2.73. The van der Waals surface area contributed by atoms with E-state index in [4.69, 9.17) is 0 Å². The van der Waals surface area contributed by atoms with Gasteiger partial charge < -0.3 is 10.2 Å². The summed E-state index contributed by atoms with van der Waals surface area (Å²) in [5, 5.41) is 3.15. The molecule has 1 N–H and O–H groups in total. The first kappa shape index (κ1) is 9.97. The van der Waals surface area contributed by atoms with Crippen LogP contribution in [0.25, 0.3) is 0 Å². The van der Waals surface area contributed by atoms with Crippen molar-refractivity contribution in [1.29, 1.82) is 0 Å². The molecule has 0 saturated carbocycles. The zero-order valence-corrected chi connectivity index (χ0v) is 9.55. The number of rotatable bonds is 1. The van der Waals surface area contributed by atoms with E-state index in [1.165, 1.54) is 0 Å². The third-order valence-corrected chi connectivity index (χ3v) is 4.28. The highest BCUT2D eigenvalue weighted by Gasteiger charge is 2.55. The summed E-state index contributed by atoms with van der Waals surface area (Å²) in [6, 6.07) is 0. The summed E-state index contributed by atoms with van der Waals surface area (Å²) < 4.78 is 0. The van der Waals surface area contributed by atoms with Gasteiger partial charge in [-0.25, -0.2) is 0 Å². The van der Waals surface area contributed by atoms with Gasteiger partial charge in [0.05, 0.1) is 5.92 Å². The maximum Gasteiger partial charge on any atom is 0.228 e. The highest BCUT2D eigenvalue weighted by molar-refractivity contribution is 5.82. The summed E-state index contributed by atoms with van der Waals surface area (Å²) in [5.41, 5.74) is 0.291. The Hall–Kier alpha value is -0.570. The van der Waals surface area contributed by atoms with Gasteiger partial charge >= 0.3 is 0 Å². The van der Waals surface area contributed by atoms with Crippen molar-refractivity contribution < 1.29 is 4.79 Å². The monoisotopic (exact) mass is 196 g/mol. The third kappa shape index (κ3) is 1.11. The minimum absolute atomic E-state index is 0.0275. The molecule has 0 unspecified atom stereocenters. The molecule has 3 heteroatoms. The van der Waals surface area contributed by atoms with Crippen LogP contribution in [0.1, 0.15) is 27.7 Å². The third-order valence-electron chi connectivity index (χ3n) is 4.28. The molecule has 0 radical (unpaired) electrons. The molecule has 0 aliphatic carbocycles. The van der Waals surface area contributed by atoms with Crippen LogP contribution in [-0.2, 0) is 4.79 Å². The van der Waals surface area contributed by atoms with Crippen molar-refractivity contribution in [3.63, 3.8) is 0 Å². The van der Waals surface area contributed by atoms with Gasteiger partial charge in [0, 0.05) is 30.6 Å². The van der Waals surface area contributed by atoms with E-state index in [9.17, 15) is 4.79 Å². The second-order valence-corrected chi connectivity index (χ2v) is 5.72. The Labute approximate surface area is 85.8 Å². The lowest BCUT2D eigenvalue weighted by molar-refractivity contribution is -0.173. The molecule has 0 atom stereocenters. The maximum absolute atomic E-state index is 12.0. The van der Waals surface area contributed by atoms with E-state index in [0.717, 1.165) is 19.6 Å². The summed E-state index contributed by atoms with van der Waals surface area (Å²) in [6.45, 7) is 11.4. The summed E-state index contributed by atoms with van der Waals surface area (Å²) in [7, 11) is 0. The molecular weight excluding hydrogens is 176 g/mol. The lowest BCUT2D eigenvalue weighted by Gasteiger charge is -2.62. The second kappa shape index (κ2) is 2.72. The minimum Gasteiger partial charge on any atom is -0.336 e. The SMILES string of the molecule is CC1(C)CN(C(=O)C2CNC2)C1(C)C. The maximum atomic E-state index is 12.0. The summed E-state index contributed by atoms with van der Waals surface area (Å²) in [5.74, 6) is 0.582. The van der Waals surface area contributed by atoms with Crippen LogP contribution in [0.5, 0.6) is 0 Å². The van der Waals surface area contributed by atoms with E-state index in [0.29, 0.717) is 5.91 Å². The van der Waals surface area contributed by atoms with Crippen LogP contribution in [0.2, 0.25) is 0 Å². The molecule has 0 spiro atoms. The van der Waals surface area contributed by atoms with E-state index in [2.05, 4.69) is 33.0 Å². The molecule has 3 nitrogen and oxygen atoms in total. The average Bonchev–Trinajstić information content (AvgIpc) is 1.96. The zero-order chi connectivity index (χ0) is 10.6. The van der Waals surface area contributed by atoms with Gasteiger partial charge in [0.2, 0.25) is 5.91 Å². The van der Waals surface area contributed by atoms with Gasteiger partial charge in [0.15, 0.2) is 0 Å². The fourth-order valence-corrected chi connectivity index (χ4v) is 2.10. The Kier molecular flexibility index (Phi) is 1.94. The zero-order valence-electron chi connectivity index (χ0n) is 9.55. The van der Waals surface area contributed by atoms with Crippen LogP contribution >= 0.6 is 0 Å². The van der Waals surface area contributed by atoms with Crippen molar-refractivity contribution >= 4 is 5.91 Å². The molecular formula is C11H20N2O. The van der Waals surface area contributed by atoms with E-state index in [1.54, 1.807) is 0 Å². The van der Waals surface area contributed by atoms with Gasteiger partial charge in [-0.2, -0.15) is 0 Å². The Balaban J connectivity index is 2.04. The molecule has 2 rings (SSSR count). The smallest absolute Gasteiger partial charge is 0.228 e. The molecule has 2 aliphatic heterocycles. The highest BCUT2D eigenvalue weighted by Crippen LogP contribution is 2.46. The Morgan fingerprint density at radius 3 is 2.14 bits per heavy atom. The molecule has 1 amide bonds. The number of likely N-dealkylation sites (tertiary alicyclic amines) is 1. The number of carbonyl (C=O) groups is 1. The molecule has 0 aromatic rings. The van der Waals surface area contributed by atoms with E-state index in [-0.39, 0.29) is 16.9 Å². The van der Waals surface area contributed by atoms with Gasteiger partial charge in [-0.1, -0.05) is 13.8 Å². The fourth-order valence-electron chi connectivity index (χ4n) is 2.10. The summed E-state index contributed by atoms with van der Waals surface area (Å²) >= 11 is 0. The molecule has 2 fully saturated rings. The van der Waals surface area contributed by atoms with Crippen LogP contribution in [-0.4, -0.2) is 36.0 Å². The van der Waals surface area contributed by atoms with E-state index < -0.39 is 0 Å². The summed E-state index contributed by atoms with van der Waals surface area (Å²) in [4.78, 5) is 14.0. The highest BCUT2D eigenvalue weighted by atomic mass is 16.2. The molecule has 0 bridgehead atoms. The molecule has 2 heterocycles. The quantitative estimate of drug-likeness (QED) is 0.674. The van der Waals surface area contributed by atoms with Crippen LogP contribution in [0.4, 0.5) is 0 Å². The molecule has 80 valence electrons. The first-order valence-corrected chi connectivity index (χ1v) is 5.38. The molecule has 2 aliphatic rings. The van der Waals surface area contributed by atoms with Crippen molar-refractivity contribution in [2.75, 3.05) is 19.6 Å². The van der Waals surface area contributed by atoms with Crippen molar-refractivity contribution in [2.45, 2.75) is 33.2 Å². The topological polar surface area (TPSA) is 32.3 Å². The predicted molar refractivity (Wildman–Crippen MR) is 55.9 cm³/mol. The fraction of sp³-hybridized carbons (Fsp3) is 0.909. The number of amides is 1. The van der Waals surface area contributed by atoms with Gasteiger partial charge in [-0.05, 0) is 13.8 Å². The van der Waals surface area contributed by atoms with Crippen LogP contribution < -0.4 is 5.32 Å². The largest absolute Gasteiger partial charge is 0.336 e. The van der Waals surface area contributed by atoms with Gasteiger partial charge in [-0.3, -0.25) is 4.79 Å². The Morgan fingerprint density at radius 1 is 1.29 bits per heavy atom. The van der Waals surface area contributed by atoms with Gasteiger partial charge in [0.25, 0.3) is 0 Å². The second-order valence-electron chi connectivity index (χ2n) is 5.72. The van der Waals surface area contributed by atoms with Crippen molar-refractivity contribution in [3.05, 3.63) is 0 Å². The van der Waals surface area contributed by atoms with E-state index in [1.807, 2.05) is 4.90 Å². The number of hydrogen-bond acceptors (Lipinski definition) is 2. The van der Waals surface area contributed by atoms with Crippen LogP contribution in [0.15, 0.2) is 0 Å². The Morgan fingerprint density at radius 2 is 1.86 bits per heavy atom. The average molecular weight is 196 g/mol. The molecule has 14 heavy (non-hydrogen) atoms. The van der Waals surface area contributed by atoms with Gasteiger partial charge in [0.1, 0.15) is 0 Å². The summed E-state index contributed by atoms with van der Waals surface area (Å²) in [6.07, 6.45) is 0. The predicted octanol–water partition coefficient (Wildman–Crippen LogP) is 0.853. The Bertz CT molecular complexity index is 266. The van der Waals surface area contributed by atoms with Gasteiger partial charge in [-0.15, -0.1) is 0 Å². The van der Waals surface area contributed by atoms with Crippen molar-refractivity contribution in [1.82, 2.24) is 10.2 Å². The number of hydrogen-bond donors (Lipinski definition) is 1. The molecule has 0 aromatic carbocycles.